The first kappa shape index (κ1) is 17.3. The zero-order valence-electron chi connectivity index (χ0n) is 11.7. The van der Waals surface area contributed by atoms with Gasteiger partial charge in [-0.25, -0.2) is 8.42 Å². The largest absolute Gasteiger partial charge is 0.327 e. The molecule has 21 heavy (non-hydrogen) atoms. The van der Waals surface area contributed by atoms with Gasteiger partial charge in [-0.1, -0.05) is 48.7 Å². The van der Waals surface area contributed by atoms with Crippen molar-refractivity contribution in [2.24, 2.45) is 11.1 Å². The quantitative estimate of drug-likeness (QED) is 0.866. The Morgan fingerprint density at radius 3 is 2.24 bits per heavy atom. The summed E-state index contributed by atoms with van der Waals surface area (Å²) in [6.45, 7) is 4.57. The summed E-state index contributed by atoms with van der Waals surface area (Å²) in [5, 5.41) is 0.352. The van der Waals surface area contributed by atoms with Crippen molar-refractivity contribution >= 4 is 44.8 Å². The molecule has 2 N–H and O–H groups in total. The molecule has 1 saturated heterocycles. The molecule has 0 spiro atoms. The normalized spacial score (nSPS) is 23.2. The Morgan fingerprint density at radius 2 is 1.76 bits per heavy atom. The van der Waals surface area contributed by atoms with E-state index in [0.29, 0.717) is 24.5 Å². The van der Waals surface area contributed by atoms with Gasteiger partial charge in [-0.15, -0.1) is 0 Å². The van der Waals surface area contributed by atoms with Crippen LogP contribution >= 0.6 is 34.8 Å². The molecule has 0 bridgehead atoms. The Kier molecular flexibility index (Phi) is 4.84. The zero-order chi connectivity index (χ0) is 16.0. The monoisotopic (exact) mass is 370 g/mol. The Morgan fingerprint density at radius 1 is 1.24 bits per heavy atom. The van der Waals surface area contributed by atoms with Crippen molar-refractivity contribution in [2.45, 2.75) is 31.2 Å². The first-order chi connectivity index (χ1) is 9.55. The summed E-state index contributed by atoms with van der Waals surface area (Å²) >= 11 is 17.9. The minimum atomic E-state index is -3.78. The minimum absolute atomic E-state index is 0.0279. The molecule has 1 aromatic carbocycles. The number of nitrogens with two attached hydrogens (primary N) is 1. The van der Waals surface area contributed by atoms with E-state index < -0.39 is 10.0 Å². The van der Waals surface area contributed by atoms with E-state index in [2.05, 4.69) is 0 Å². The summed E-state index contributed by atoms with van der Waals surface area (Å²) in [5.41, 5.74) is 5.74. The van der Waals surface area contributed by atoms with Gasteiger partial charge >= 0.3 is 0 Å². The van der Waals surface area contributed by atoms with Crippen molar-refractivity contribution in [1.29, 1.82) is 0 Å². The average molecular weight is 372 g/mol. The molecule has 0 saturated carbocycles. The van der Waals surface area contributed by atoms with Crippen molar-refractivity contribution < 1.29 is 8.42 Å². The lowest BCUT2D eigenvalue weighted by atomic mass is 9.81. The predicted octanol–water partition coefficient (Wildman–Crippen LogP) is 3.39. The molecule has 1 heterocycles. The number of rotatable bonds is 2. The van der Waals surface area contributed by atoms with Crippen molar-refractivity contribution in [2.75, 3.05) is 13.1 Å². The minimum Gasteiger partial charge on any atom is -0.327 e. The molecule has 0 aliphatic carbocycles. The molecule has 0 radical (unpaired) electrons. The summed E-state index contributed by atoms with van der Waals surface area (Å²) in [6, 6.07) is 2.71. The Hall–Kier alpha value is -0.0400. The molecule has 1 aliphatic heterocycles. The number of nitrogens with zero attached hydrogens (tertiary/aromatic N) is 1. The molecule has 4 nitrogen and oxygen atoms in total. The van der Waals surface area contributed by atoms with Crippen molar-refractivity contribution in [1.82, 2.24) is 4.31 Å². The molecule has 1 atom stereocenters. The molecule has 1 aromatic rings. The number of hydrogen-bond acceptors (Lipinski definition) is 3. The van der Waals surface area contributed by atoms with Crippen LogP contribution in [-0.2, 0) is 10.0 Å². The van der Waals surface area contributed by atoms with Crippen LogP contribution in [0.4, 0.5) is 0 Å². The average Bonchev–Trinajstić information content (AvgIpc) is 2.30. The molecule has 8 heteroatoms. The van der Waals surface area contributed by atoms with Crippen LogP contribution < -0.4 is 5.73 Å². The van der Waals surface area contributed by atoms with Crippen LogP contribution in [0.1, 0.15) is 20.3 Å². The van der Waals surface area contributed by atoms with Crippen LogP contribution in [0.5, 0.6) is 0 Å². The summed E-state index contributed by atoms with van der Waals surface area (Å²) < 4.78 is 27.0. The molecule has 1 aliphatic rings. The van der Waals surface area contributed by atoms with Gasteiger partial charge in [0.15, 0.2) is 0 Å². The third-order valence-corrected chi connectivity index (χ3v) is 6.82. The maximum Gasteiger partial charge on any atom is 0.246 e. The van der Waals surface area contributed by atoms with Crippen molar-refractivity contribution in [3.8, 4) is 0 Å². The lowest BCUT2D eigenvalue weighted by Gasteiger charge is -2.41. The molecule has 118 valence electrons. The summed E-state index contributed by atoms with van der Waals surface area (Å²) in [4.78, 5) is -0.0958. The molecular formula is C13H17Cl3N2O2S. The second kappa shape index (κ2) is 5.87. The maximum atomic E-state index is 12.8. The van der Waals surface area contributed by atoms with Crippen LogP contribution in [-0.4, -0.2) is 31.9 Å². The molecule has 0 amide bonds. The number of halogens is 3. The van der Waals surface area contributed by atoms with Gasteiger partial charge < -0.3 is 5.73 Å². The Balaban J connectivity index is 2.44. The lowest BCUT2D eigenvalue weighted by molar-refractivity contribution is 0.155. The van der Waals surface area contributed by atoms with E-state index in [1.165, 1.54) is 16.4 Å². The van der Waals surface area contributed by atoms with Gasteiger partial charge in [0.2, 0.25) is 10.0 Å². The van der Waals surface area contributed by atoms with E-state index in [0.717, 1.165) is 0 Å². The van der Waals surface area contributed by atoms with Crippen LogP contribution in [0.2, 0.25) is 15.1 Å². The maximum absolute atomic E-state index is 12.8. The predicted molar refractivity (Wildman–Crippen MR) is 86.6 cm³/mol. The van der Waals surface area contributed by atoms with Gasteiger partial charge in [-0.3, -0.25) is 0 Å². The fourth-order valence-electron chi connectivity index (χ4n) is 2.43. The van der Waals surface area contributed by atoms with Crippen molar-refractivity contribution in [3.63, 3.8) is 0 Å². The van der Waals surface area contributed by atoms with Crippen LogP contribution in [0, 0.1) is 5.41 Å². The highest BCUT2D eigenvalue weighted by Gasteiger charge is 2.40. The third-order valence-electron chi connectivity index (χ3n) is 3.84. The highest BCUT2D eigenvalue weighted by molar-refractivity contribution is 7.89. The van der Waals surface area contributed by atoms with E-state index in [4.69, 9.17) is 40.5 Å². The molecule has 1 fully saturated rings. The first-order valence-corrected chi connectivity index (χ1v) is 9.03. The fourth-order valence-corrected chi connectivity index (χ4v) is 5.55. The smallest absolute Gasteiger partial charge is 0.246 e. The van der Waals surface area contributed by atoms with E-state index in [1.54, 1.807) is 0 Å². The van der Waals surface area contributed by atoms with E-state index in [9.17, 15) is 8.42 Å². The van der Waals surface area contributed by atoms with E-state index in [1.807, 2.05) is 13.8 Å². The summed E-state index contributed by atoms with van der Waals surface area (Å²) in [5.74, 6) is 0. The van der Waals surface area contributed by atoms with Crippen LogP contribution in [0.3, 0.4) is 0 Å². The van der Waals surface area contributed by atoms with E-state index >= 15 is 0 Å². The second-order valence-corrected chi connectivity index (χ2v) is 9.05. The van der Waals surface area contributed by atoms with Gasteiger partial charge in [-0.05, 0) is 24.0 Å². The molecule has 2 rings (SSSR count). The number of benzene rings is 1. The van der Waals surface area contributed by atoms with Gasteiger partial charge in [-0.2, -0.15) is 4.31 Å². The Bertz CT molecular complexity index is 638. The standard InChI is InChI=1S/C13H17Cl3N2O2S/c1-13(2)7-18(4-3-11(13)17)21(19,20)12-9(15)5-8(14)6-10(12)16/h5-6,11H,3-4,7,17H2,1-2H3. The number of piperidine rings is 1. The van der Waals surface area contributed by atoms with Gasteiger partial charge in [0.25, 0.3) is 0 Å². The molecule has 0 aromatic heterocycles. The van der Waals surface area contributed by atoms with E-state index in [-0.39, 0.29) is 26.4 Å². The van der Waals surface area contributed by atoms with Gasteiger partial charge in [0.05, 0.1) is 10.0 Å². The SMILES string of the molecule is CC1(C)CN(S(=O)(=O)c2c(Cl)cc(Cl)cc2Cl)CCC1N. The Labute approximate surface area is 140 Å². The molecule has 1 unspecified atom stereocenters. The number of sulfonamides is 1. The zero-order valence-corrected chi connectivity index (χ0v) is 14.8. The van der Waals surface area contributed by atoms with Crippen molar-refractivity contribution in [3.05, 3.63) is 27.2 Å². The topological polar surface area (TPSA) is 63.4 Å². The van der Waals surface area contributed by atoms with Crippen LogP contribution in [0.15, 0.2) is 17.0 Å². The van der Waals surface area contributed by atoms with Gasteiger partial charge in [0.1, 0.15) is 4.90 Å². The number of hydrogen-bond donors (Lipinski definition) is 1. The second-order valence-electron chi connectivity index (χ2n) is 5.92. The fraction of sp³-hybridized carbons (Fsp3) is 0.538. The highest BCUT2D eigenvalue weighted by atomic mass is 35.5. The summed E-state index contributed by atoms with van der Waals surface area (Å²) in [7, 11) is -3.78. The third kappa shape index (κ3) is 3.33. The van der Waals surface area contributed by atoms with Gasteiger partial charge in [0, 0.05) is 24.2 Å². The first-order valence-electron chi connectivity index (χ1n) is 6.46. The molecular weight excluding hydrogens is 355 g/mol. The highest BCUT2D eigenvalue weighted by Crippen LogP contribution is 2.37. The summed E-state index contributed by atoms with van der Waals surface area (Å²) in [6.07, 6.45) is 0.592. The lowest BCUT2D eigenvalue weighted by Crippen LogP contribution is -2.53. The van der Waals surface area contributed by atoms with Crippen LogP contribution in [0.25, 0.3) is 0 Å².